The summed E-state index contributed by atoms with van der Waals surface area (Å²) < 4.78 is 6.81. The Labute approximate surface area is 200 Å². The summed E-state index contributed by atoms with van der Waals surface area (Å²) in [5.74, 6) is 4.99. The second-order valence-electron chi connectivity index (χ2n) is 12.8. The number of nitrogens with zero attached hydrogens (tertiary/aromatic N) is 1. The summed E-state index contributed by atoms with van der Waals surface area (Å²) in [6.07, 6.45) is 15.3. The molecule has 0 heterocycles. The Morgan fingerprint density at radius 3 is 2.28 bits per heavy atom. The highest BCUT2D eigenvalue weighted by molar-refractivity contribution is 6.73. The van der Waals surface area contributed by atoms with Gasteiger partial charge in [-0.15, -0.1) is 0 Å². The quantitative estimate of drug-likeness (QED) is 0.342. The molecule has 0 amide bonds. The molecule has 4 aliphatic carbocycles. The van der Waals surface area contributed by atoms with E-state index in [2.05, 4.69) is 40.7 Å². The van der Waals surface area contributed by atoms with Crippen molar-refractivity contribution in [3.8, 4) is 6.07 Å². The molecular formula is C29H51NOSi. The lowest BCUT2D eigenvalue weighted by atomic mass is 9.44. The van der Waals surface area contributed by atoms with Gasteiger partial charge in [0.05, 0.1) is 6.07 Å². The lowest BCUT2D eigenvalue weighted by Gasteiger charge is -2.61. The fourth-order valence-corrected chi connectivity index (χ4v) is 12.6. The highest BCUT2D eigenvalue weighted by Gasteiger charge is 2.60. The molecule has 0 aromatic heterocycles. The maximum absolute atomic E-state index is 9.73. The van der Waals surface area contributed by atoms with E-state index in [0.717, 1.165) is 30.3 Å². The van der Waals surface area contributed by atoms with E-state index >= 15 is 0 Å². The van der Waals surface area contributed by atoms with Gasteiger partial charge in [0.25, 0.3) is 0 Å². The van der Waals surface area contributed by atoms with Crippen LogP contribution in [0.15, 0.2) is 0 Å². The predicted molar refractivity (Wildman–Crippen MR) is 137 cm³/mol. The summed E-state index contributed by atoms with van der Waals surface area (Å²) in [4.78, 5) is 0. The predicted octanol–water partition coefficient (Wildman–Crippen LogP) is 8.59. The molecular weight excluding hydrogens is 406 g/mol. The Balaban J connectivity index is 1.51. The Hall–Kier alpha value is -0.333. The van der Waals surface area contributed by atoms with Crippen molar-refractivity contribution in [3.05, 3.63) is 0 Å². The molecule has 4 fully saturated rings. The minimum atomic E-state index is -1.60. The number of hydrogen-bond acceptors (Lipinski definition) is 2. The van der Waals surface area contributed by atoms with Gasteiger partial charge < -0.3 is 4.43 Å². The first-order valence-corrected chi connectivity index (χ1v) is 16.9. The Bertz CT molecular complexity index is 675. The molecule has 0 bridgehead atoms. The number of rotatable bonds is 8. The van der Waals surface area contributed by atoms with Gasteiger partial charge >= 0.3 is 0 Å². The number of fused-ring (bicyclic) bond motifs is 5. The van der Waals surface area contributed by atoms with Gasteiger partial charge in [-0.3, -0.25) is 0 Å². The summed E-state index contributed by atoms with van der Waals surface area (Å²) in [5.41, 5.74) is 1.07. The number of nitriles is 1. The number of hydrogen-bond donors (Lipinski definition) is 0. The zero-order chi connectivity index (χ0) is 23.0. The van der Waals surface area contributed by atoms with Crippen LogP contribution in [0, 0.1) is 57.7 Å². The van der Waals surface area contributed by atoms with E-state index in [1.54, 1.807) is 0 Å². The fraction of sp³-hybridized carbons (Fsp3) is 0.966. The van der Waals surface area contributed by atoms with E-state index < -0.39 is 8.32 Å². The van der Waals surface area contributed by atoms with Gasteiger partial charge in [0.1, 0.15) is 0 Å². The minimum Gasteiger partial charge on any atom is -0.417 e. The summed E-state index contributed by atoms with van der Waals surface area (Å²) in [5, 5.41) is 9.73. The van der Waals surface area contributed by atoms with Crippen LogP contribution in [0.3, 0.4) is 0 Å². The van der Waals surface area contributed by atoms with Gasteiger partial charge in [-0.2, -0.15) is 5.26 Å². The van der Waals surface area contributed by atoms with E-state index in [9.17, 15) is 5.26 Å². The zero-order valence-electron chi connectivity index (χ0n) is 21.9. The first kappa shape index (κ1) is 24.8. The third kappa shape index (κ3) is 4.04. The van der Waals surface area contributed by atoms with E-state index in [4.69, 9.17) is 4.43 Å². The molecule has 0 spiro atoms. The minimum absolute atomic E-state index is 0.443. The second-order valence-corrected chi connectivity index (χ2v) is 17.6. The van der Waals surface area contributed by atoms with Crippen molar-refractivity contribution in [2.75, 3.05) is 6.61 Å². The van der Waals surface area contributed by atoms with Gasteiger partial charge in [-0.05, 0) is 116 Å². The van der Waals surface area contributed by atoms with Gasteiger partial charge in [-0.1, -0.05) is 47.5 Å². The third-order valence-corrected chi connectivity index (χ3v) is 16.8. The first-order valence-electron chi connectivity index (χ1n) is 14.4. The molecule has 0 N–H and O–H groups in total. The monoisotopic (exact) mass is 457 g/mol. The molecule has 2 nitrogen and oxygen atoms in total. The van der Waals surface area contributed by atoms with Crippen molar-refractivity contribution in [1.29, 1.82) is 5.26 Å². The zero-order valence-corrected chi connectivity index (χ0v) is 22.9. The summed E-state index contributed by atoms with van der Waals surface area (Å²) in [7, 11) is -1.60. The van der Waals surface area contributed by atoms with E-state index in [-0.39, 0.29) is 0 Å². The van der Waals surface area contributed by atoms with Crippen LogP contribution < -0.4 is 0 Å². The third-order valence-electron chi connectivity index (χ3n) is 12.1. The van der Waals surface area contributed by atoms with Crippen LogP contribution in [0.2, 0.25) is 18.1 Å². The van der Waals surface area contributed by atoms with Gasteiger partial charge in [0.15, 0.2) is 8.32 Å². The molecule has 182 valence electrons. The lowest BCUT2D eigenvalue weighted by molar-refractivity contribution is -0.115. The van der Waals surface area contributed by atoms with Crippen molar-refractivity contribution < 1.29 is 4.43 Å². The van der Waals surface area contributed by atoms with Crippen LogP contribution in [0.1, 0.15) is 105 Å². The average Bonchev–Trinajstić information content (AvgIpc) is 3.16. The van der Waals surface area contributed by atoms with Crippen molar-refractivity contribution >= 4 is 8.32 Å². The van der Waals surface area contributed by atoms with Crippen LogP contribution in [0.4, 0.5) is 0 Å². The molecule has 4 saturated carbocycles. The van der Waals surface area contributed by atoms with Crippen LogP contribution >= 0.6 is 0 Å². The lowest BCUT2D eigenvalue weighted by Crippen LogP contribution is -2.53. The summed E-state index contributed by atoms with van der Waals surface area (Å²) in [6.45, 7) is 13.2. The molecule has 0 aliphatic heterocycles. The van der Waals surface area contributed by atoms with Gasteiger partial charge in [0.2, 0.25) is 0 Å². The molecule has 0 radical (unpaired) electrons. The first-order chi connectivity index (χ1) is 15.4. The summed E-state index contributed by atoms with van der Waals surface area (Å²) >= 11 is 0. The van der Waals surface area contributed by atoms with Crippen LogP contribution in [-0.2, 0) is 4.43 Å². The molecule has 4 rings (SSSR count). The van der Waals surface area contributed by atoms with E-state index in [1.165, 1.54) is 82.3 Å². The molecule has 32 heavy (non-hydrogen) atoms. The molecule has 0 aromatic carbocycles. The Morgan fingerprint density at radius 2 is 1.59 bits per heavy atom. The fourth-order valence-electron chi connectivity index (χ4n) is 9.88. The average molecular weight is 458 g/mol. The van der Waals surface area contributed by atoms with E-state index in [1.807, 2.05) is 0 Å². The largest absolute Gasteiger partial charge is 0.417 e. The smallest absolute Gasteiger partial charge is 0.191 e. The topological polar surface area (TPSA) is 33.0 Å². The SMILES string of the molecule is CC[Si](CC)(CC)OCC(CC#N)[C@H]1CC[C@H]2[C@@H]3CCC4CCCC[C@]4(C)[C@H]3CC[C@]12C. The van der Waals surface area contributed by atoms with Crippen LogP contribution in [-0.4, -0.2) is 14.9 Å². The van der Waals surface area contributed by atoms with Gasteiger partial charge in [0, 0.05) is 13.0 Å². The Morgan fingerprint density at radius 1 is 0.875 bits per heavy atom. The van der Waals surface area contributed by atoms with E-state index in [0.29, 0.717) is 29.1 Å². The van der Waals surface area contributed by atoms with Crippen molar-refractivity contribution in [2.24, 2.45) is 46.3 Å². The maximum Gasteiger partial charge on any atom is 0.191 e. The normalized spacial score (nSPS) is 42.4. The molecule has 3 heteroatoms. The standard InChI is InChI=1S/C29H51NOSi/c1-6-32(7-2,8-3)31-21-22(17-20-30)25-14-15-26-24-13-12-23-11-9-10-18-28(23,4)27(24)16-19-29(25,26)5/h22-27H,6-19,21H2,1-5H3/t22?,23?,24-,25+,26-,27-,28-,29+/m0/s1. The molecule has 0 aromatic rings. The molecule has 8 atom stereocenters. The van der Waals surface area contributed by atoms with Crippen molar-refractivity contribution in [2.45, 2.75) is 123 Å². The maximum atomic E-state index is 9.73. The highest BCUT2D eigenvalue weighted by Crippen LogP contribution is 2.68. The van der Waals surface area contributed by atoms with Gasteiger partial charge in [-0.25, -0.2) is 0 Å². The van der Waals surface area contributed by atoms with Crippen molar-refractivity contribution in [1.82, 2.24) is 0 Å². The molecule has 4 aliphatic rings. The molecule has 2 unspecified atom stereocenters. The van der Waals surface area contributed by atoms with Crippen LogP contribution in [0.5, 0.6) is 0 Å². The van der Waals surface area contributed by atoms with Crippen molar-refractivity contribution in [3.63, 3.8) is 0 Å². The van der Waals surface area contributed by atoms with Crippen LogP contribution in [0.25, 0.3) is 0 Å². The highest BCUT2D eigenvalue weighted by atomic mass is 28.4. The Kier molecular flexibility index (Phi) is 7.54. The second kappa shape index (κ2) is 9.73. The molecule has 0 saturated heterocycles. The summed E-state index contributed by atoms with van der Waals surface area (Å²) in [6, 6.07) is 6.23.